The number of rotatable bonds is 8. The summed E-state index contributed by atoms with van der Waals surface area (Å²) in [7, 11) is 0. The lowest BCUT2D eigenvalue weighted by Gasteiger charge is -2.34. The zero-order valence-electron chi connectivity index (χ0n) is 23.8. The highest BCUT2D eigenvalue weighted by Crippen LogP contribution is 2.43. The molecule has 0 bridgehead atoms. The number of hydrogen-bond acceptors (Lipinski definition) is 6. The molecule has 2 aliphatic carbocycles. The molecular formula is C28H26Cl2F5N8O2+. The number of allylic oxidation sites excluding steroid dienone is 2. The van der Waals surface area contributed by atoms with Crippen LogP contribution >= 0.6 is 23.2 Å². The van der Waals surface area contributed by atoms with E-state index in [-0.39, 0.29) is 46.3 Å². The van der Waals surface area contributed by atoms with E-state index in [9.17, 15) is 31.5 Å². The Hall–Kier alpha value is -3.98. The van der Waals surface area contributed by atoms with E-state index >= 15 is 0 Å². The smallest absolute Gasteiger partial charge is 0.349 e. The fourth-order valence-electron chi connectivity index (χ4n) is 4.82. The van der Waals surface area contributed by atoms with Gasteiger partial charge in [0.1, 0.15) is 22.8 Å². The van der Waals surface area contributed by atoms with Crippen molar-refractivity contribution in [3.05, 3.63) is 81.1 Å². The minimum atomic E-state index is -5.85. The minimum Gasteiger partial charge on any atom is -0.349 e. The van der Waals surface area contributed by atoms with Crippen LogP contribution in [0.2, 0.25) is 5.02 Å². The molecular weight excluding hydrogens is 646 g/mol. The Bertz CT molecular complexity index is 1700. The average Bonchev–Trinajstić information content (AvgIpc) is 3.35. The van der Waals surface area contributed by atoms with Gasteiger partial charge in [-0.1, -0.05) is 37.0 Å². The van der Waals surface area contributed by atoms with Crippen LogP contribution in [-0.4, -0.2) is 49.1 Å². The summed E-state index contributed by atoms with van der Waals surface area (Å²) >= 11 is 12.7. The molecule has 2 amide bonds. The Kier molecular flexibility index (Phi) is 8.70. The summed E-state index contributed by atoms with van der Waals surface area (Å²) in [5.41, 5.74) is -1.72. The number of carbonyl (C=O) groups is 2. The van der Waals surface area contributed by atoms with Crippen molar-refractivity contribution in [1.82, 2.24) is 35.7 Å². The Balaban J connectivity index is 1.49. The van der Waals surface area contributed by atoms with Gasteiger partial charge >= 0.3 is 12.1 Å². The lowest BCUT2D eigenvalue weighted by atomic mass is 9.79. The van der Waals surface area contributed by atoms with Gasteiger partial charge in [0.05, 0.1) is 15.7 Å². The fraction of sp³-hybridized carbons (Fsp3) is 0.393. The first-order chi connectivity index (χ1) is 21.1. The number of halogens is 7. The van der Waals surface area contributed by atoms with Gasteiger partial charge in [0.25, 0.3) is 17.5 Å². The average molecular weight is 672 g/mol. The van der Waals surface area contributed by atoms with Crippen LogP contribution in [-0.2, 0) is 17.3 Å². The van der Waals surface area contributed by atoms with Crippen LogP contribution in [0.3, 0.4) is 0 Å². The molecule has 0 aliphatic heterocycles. The van der Waals surface area contributed by atoms with E-state index in [2.05, 4.69) is 31.0 Å². The van der Waals surface area contributed by atoms with Gasteiger partial charge in [-0.3, -0.25) is 9.59 Å². The van der Waals surface area contributed by atoms with Crippen molar-refractivity contribution in [3.8, 4) is 5.82 Å². The summed E-state index contributed by atoms with van der Waals surface area (Å²) in [5, 5.41) is 17.3. The molecule has 0 spiro atoms. The SMILES string of the molecule is CC1(C)CC(Cl)=CC(C(=O)NC2CCC2)=C1NC(=O)c1cc(C[n+]2ccc(C(F)(F)C(F)(F)F)nn2)nn1-c1ncccc1Cl. The van der Waals surface area contributed by atoms with Crippen molar-refractivity contribution in [2.45, 2.75) is 64.2 Å². The predicted octanol–water partition coefficient (Wildman–Crippen LogP) is 4.91. The summed E-state index contributed by atoms with van der Waals surface area (Å²) in [6, 6.07) is 4.96. The number of aromatic nitrogens is 6. The highest BCUT2D eigenvalue weighted by atomic mass is 35.5. The monoisotopic (exact) mass is 671 g/mol. The summed E-state index contributed by atoms with van der Waals surface area (Å²) in [6.07, 6.45) is 1.04. The van der Waals surface area contributed by atoms with Gasteiger partial charge in [0.15, 0.2) is 12.4 Å². The molecule has 0 radical (unpaired) electrons. The van der Waals surface area contributed by atoms with Gasteiger partial charge in [0, 0.05) is 34.4 Å². The van der Waals surface area contributed by atoms with Crippen molar-refractivity contribution >= 4 is 35.0 Å². The molecule has 0 aromatic carbocycles. The zero-order valence-corrected chi connectivity index (χ0v) is 25.3. The predicted molar refractivity (Wildman–Crippen MR) is 150 cm³/mol. The molecule has 45 heavy (non-hydrogen) atoms. The Labute approximate surface area is 263 Å². The van der Waals surface area contributed by atoms with Gasteiger partial charge < -0.3 is 10.6 Å². The normalized spacial score (nSPS) is 17.0. The van der Waals surface area contributed by atoms with E-state index in [4.69, 9.17) is 23.2 Å². The summed E-state index contributed by atoms with van der Waals surface area (Å²) in [4.78, 5) is 31.3. The van der Waals surface area contributed by atoms with Gasteiger partial charge in [-0.05, 0) is 50.0 Å². The van der Waals surface area contributed by atoms with E-state index in [1.54, 1.807) is 6.07 Å². The molecule has 5 rings (SSSR count). The van der Waals surface area contributed by atoms with Gasteiger partial charge in [-0.2, -0.15) is 27.1 Å². The van der Waals surface area contributed by atoms with Crippen LogP contribution < -0.4 is 15.3 Å². The topological polar surface area (TPSA) is 119 Å². The molecule has 2 aliphatic rings. The van der Waals surface area contributed by atoms with E-state index in [1.165, 1.54) is 24.4 Å². The Morgan fingerprint density at radius 2 is 1.87 bits per heavy atom. The molecule has 17 heteroatoms. The number of hydrogen-bond donors (Lipinski definition) is 2. The molecule has 0 saturated heterocycles. The number of pyridine rings is 1. The van der Waals surface area contributed by atoms with Crippen LogP contribution in [0.15, 0.2) is 59.0 Å². The van der Waals surface area contributed by atoms with E-state index in [1.807, 2.05) is 13.8 Å². The first-order valence-corrected chi connectivity index (χ1v) is 14.4. The number of nitrogens with one attached hydrogen (secondary N) is 2. The molecule has 0 atom stereocenters. The molecule has 0 unspecified atom stereocenters. The molecule has 10 nitrogen and oxygen atoms in total. The first kappa shape index (κ1) is 32.4. The van der Waals surface area contributed by atoms with Crippen LogP contribution in [0.1, 0.15) is 61.4 Å². The Morgan fingerprint density at radius 3 is 2.47 bits per heavy atom. The number of alkyl halides is 5. The lowest BCUT2D eigenvalue weighted by molar-refractivity contribution is -0.752. The second-order valence-electron chi connectivity index (χ2n) is 11.3. The van der Waals surface area contributed by atoms with Crippen molar-refractivity contribution in [2.75, 3.05) is 0 Å². The van der Waals surface area contributed by atoms with Crippen LogP contribution in [0.4, 0.5) is 22.0 Å². The van der Waals surface area contributed by atoms with Crippen LogP contribution in [0.5, 0.6) is 0 Å². The van der Waals surface area contributed by atoms with Crippen molar-refractivity contribution in [3.63, 3.8) is 0 Å². The van der Waals surface area contributed by atoms with Crippen molar-refractivity contribution in [1.29, 1.82) is 0 Å². The minimum absolute atomic E-state index is 0.0313. The third-order valence-corrected chi connectivity index (χ3v) is 7.93. The van der Waals surface area contributed by atoms with Crippen LogP contribution in [0, 0.1) is 5.41 Å². The summed E-state index contributed by atoms with van der Waals surface area (Å²) in [6.45, 7) is 3.38. The maximum atomic E-state index is 13.9. The molecule has 2 N–H and O–H groups in total. The number of carbonyl (C=O) groups excluding carboxylic acids is 2. The van der Waals surface area contributed by atoms with Crippen molar-refractivity contribution in [2.24, 2.45) is 5.41 Å². The standard InChI is InChI=1S/C28H25Cl2F5N8O2/c1-26(2)13-15(29)11-18(24(44)37-16-5-3-6-16)22(26)38-25(45)20-12-17(40-43(20)23-19(30)7-4-9-36-23)14-42-10-8-21(39-41-42)27(31,32)28(33,34)35/h4,7-12,16H,3,5-6,13-14H2,1-2H3,(H-,37,38,44,45)/p+1. The van der Waals surface area contributed by atoms with E-state index < -0.39 is 29.1 Å². The first-order valence-electron chi connectivity index (χ1n) is 13.7. The van der Waals surface area contributed by atoms with Gasteiger partial charge in [-0.25, -0.2) is 9.67 Å². The van der Waals surface area contributed by atoms with E-state index in [0.29, 0.717) is 23.2 Å². The molecule has 3 aromatic rings. The maximum Gasteiger partial charge on any atom is 0.462 e. The largest absolute Gasteiger partial charge is 0.462 e. The number of amides is 2. The molecule has 3 aromatic heterocycles. The Morgan fingerprint density at radius 1 is 1.13 bits per heavy atom. The molecule has 1 saturated carbocycles. The lowest BCUT2D eigenvalue weighted by Crippen LogP contribution is -2.43. The zero-order chi connectivity index (χ0) is 32.7. The summed E-state index contributed by atoms with van der Waals surface area (Å²) < 4.78 is 67.7. The molecule has 3 heterocycles. The van der Waals surface area contributed by atoms with Crippen molar-refractivity contribution < 1.29 is 36.2 Å². The van der Waals surface area contributed by atoms with E-state index in [0.717, 1.165) is 34.8 Å². The fourth-order valence-corrected chi connectivity index (χ4v) is 5.46. The quantitative estimate of drug-likeness (QED) is 0.260. The summed E-state index contributed by atoms with van der Waals surface area (Å²) in [5.74, 6) is -6.18. The highest BCUT2D eigenvalue weighted by molar-refractivity contribution is 6.32. The number of nitrogens with zero attached hydrogens (tertiary/aromatic N) is 6. The molecule has 238 valence electrons. The second-order valence-corrected chi connectivity index (χ2v) is 12.2. The van der Waals surface area contributed by atoms with Gasteiger partial charge in [0.2, 0.25) is 0 Å². The van der Waals surface area contributed by atoms with Crippen LogP contribution in [0.25, 0.3) is 5.82 Å². The highest BCUT2D eigenvalue weighted by Gasteiger charge is 2.62. The van der Waals surface area contributed by atoms with Gasteiger partial charge in [-0.15, -0.1) is 4.68 Å². The maximum absolute atomic E-state index is 13.9. The third-order valence-electron chi connectivity index (χ3n) is 7.39. The third kappa shape index (κ3) is 6.69. The second kappa shape index (κ2) is 12.1. The molecule has 1 fully saturated rings.